The van der Waals surface area contributed by atoms with Crippen LogP contribution in [0.1, 0.15) is 20.3 Å². The molecule has 0 N–H and O–H groups in total. The number of hydrogen-bond acceptors (Lipinski definition) is 1. The van der Waals surface area contributed by atoms with Crippen molar-refractivity contribution < 1.29 is 0 Å². The lowest BCUT2D eigenvalue weighted by Crippen LogP contribution is -2.12. The summed E-state index contributed by atoms with van der Waals surface area (Å²) in [5.74, 6) is 2.33. The summed E-state index contributed by atoms with van der Waals surface area (Å²) in [5.41, 5.74) is 1.42. The third-order valence-electron chi connectivity index (χ3n) is 2.37. The molecule has 2 aliphatic rings. The van der Waals surface area contributed by atoms with E-state index in [-0.39, 0.29) is 0 Å². The van der Waals surface area contributed by atoms with Gasteiger partial charge < -0.3 is 0 Å². The van der Waals surface area contributed by atoms with Crippen molar-refractivity contribution in [1.82, 2.24) is 0 Å². The van der Waals surface area contributed by atoms with Gasteiger partial charge in [-0.2, -0.15) is 0 Å². The fourth-order valence-electron chi connectivity index (χ4n) is 1.68. The van der Waals surface area contributed by atoms with Crippen molar-refractivity contribution in [3.05, 3.63) is 12.3 Å². The van der Waals surface area contributed by atoms with Crippen molar-refractivity contribution in [2.24, 2.45) is 22.7 Å². The Hall–Kier alpha value is -0.590. The Morgan fingerprint density at radius 1 is 1.60 bits per heavy atom. The minimum Gasteiger partial charge on any atom is -0.265 e. The van der Waals surface area contributed by atoms with Gasteiger partial charge in [-0.1, -0.05) is 19.9 Å². The van der Waals surface area contributed by atoms with Gasteiger partial charge in [0.2, 0.25) is 0 Å². The van der Waals surface area contributed by atoms with E-state index in [1.165, 1.54) is 12.1 Å². The third-order valence-corrected chi connectivity index (χ3v) is 2.37. The van der Waals surface area contributed by atoms with Crippen molar-refractivity contribution in [3.63, 3.8) is 0 Å². The summed E-state index contributed by atoms with van der Waals surface area (Å²) >= 11 is 0. The van der Waals surface area contributed by atoms with Crippen molar-refractivity contribution in [2.45, 2.75) is 20.3 Å². The maximum atomic E-state index is 4.39. The number of allylic oxidation sites excluding steroid dienone is 1. The first-order valence-electron chi connectivity index (χ1n) is 4.03. The Kier molecular flexibility index (Phi) is 1.19. The van der Waals surface area contributed by atoms with E-state index in [1.54, 1.807) is 0 Å². The molecule has 1 saturated carbocycles. The van der Waals surface area contributed by atoms with Crippen LogP contribution in [0.5, 0.6) is 0 Å². The van der Waals surface area contributed by atoms with Gasteiger partial charge in [-0.15, -0.1) is 0 Å². The fraction of sp³-hybridized carbons (Fsp3) is 0.667. The van der Waals surface area contributed by atoms with Crippen LogP contribution >= 0.6 is 0 Å². The molecule has 0 bridgehead atoms. The number of nitrogens with zero attached hydrogens (tertiary/aromatic N) is 1. The quantitative estimate of drug-likeness (QED) is 0.523. The minimum absolute atomic E-state index is 0.653. The van der Waals surface area contributed by atoms with E-state index in [2.05, 4.69) is 24.9 Å². The van der Waals surface area contributed by atoms with Crippen LogP contribution in [0.3, 0.4) is 0 Å². The van der Waals surface area contributed by atoms with Gasteiger partial charge in [0.25, 0.3) is 0 Å². The van der Waals surface area contributed by atoms with Gasteiger partial charge in [0.15, 0.2) is 0 Å². The second-order valence-electron chi connectivity index (χ2n) is 3.56. The van der Waals surface area contributed by atoms with Crippen LogP contribution in [0.25, 0.3) is 0 Å². The largest absolute Gasteiger partial charge is 0.265 e. The zero-order valence-electron chi connectivity index (χ0n) is 6.54. The van der Waals surface area contributed by atoms with E-state index >= 15 is 0 Å². The van der Waals surface area contributed by atoms with Gasteiger partial charge in [0.1, 0.15) is 0 Å². The molecule has 0 aromatic rings. The smallest absolute Gasteiger partial charge is 0.0241 e. The lowest BCUT2D eigenvalue weighted by Gasteiger charge is -2.09. The Labute approximate surface area is 61.9 Å². The van der Waals surface area contributed by atoms with E-state index in [4.69, 9.17) is 0 Å². The molecule has 1 heteroatoms. The molecular weight excluding hydrogens is 122 g/mol. The average Bonchev–Trinajstić information content (AvgIpc) is 2.63. The number of fused-ring (bicyclic) bond motifs is 1. The van der Waals surface area contributed by atoms with Crippen LogP contribution in [-0.4, -0.2) is 5.71 Å². The molecule has 1 heterocycles. The van der Waals surface area contributed by atoms with Gasteiger partial charge in [0.05, 0.1) is 0 Å². The highest BCUT2D eigenvalue weighted by Gasteiger charge is 2.41. The molecule has 2 rings (SSSR count). The first kappa shape index (κ1) is 6.14. The van der Waals surface area contributed by atoms with Gasteiger partial charge in [0, 0.05) is 17.8 Å². The highest BCUT2D eigenvalue weighted by molar-refractivity contribution is 5.92. The molecule has 1 aliphatic carbocycles. The van der Waals surface area contributed by atoms with Crippen molar-refractivity contribution in [3.8, 4) is 0 Å². The molecule has 2 atom stereocenters. The van der Waals surface area contributed by atoms with Gasteiger partial charge in [-0.3, -0.25) is 4.99 Å². The summed E-state index contributed by atoms with van der Waals surface area (Å²) < 4.78 is 0. The number of rotatable bonds is 1. The summed E-state index contributed by atoms with van der Waals surface area (Å²) in [4.78, 5) is 4.39. The second kappa shape index (κ2) is 1.94. The second-order valence-corrected chi connectivity index (χ2v) is 3.56. The van der Waals surface area contributed by atoms with E-state index < -0.39 is 0 Å². The molecule has 0 saturated heterocycles. The molecule has 0 aromatic carbocycles. The van der Waals surface area contributed by atoms with Crippen LogP contribution in [0.15, 0.2) is 17.3 Å². The van der Waals surface area contributed by atoms with Crippen molar-refractivity contribution >= 4 is 5.71 Å². The predicted octanol–water partition coefficient (Wildman–Crippen LogP) is 2.25. The van der Waals surface area contributed by atoms with E-state index in [0.29, 0.717) is 5.92 Å². The minimum atomic E-state index is 0.653. The van der Waals surface area contributed by atoms with Crippen LogP contribution in [0, 0.1) is 17.8 Å². The van der Waals surface area contributed by atoms with Gasteiger partial charge in [-0.05, 0) is 18.3 Å². The molecule has 0 radical (unpaired) electrons. The summed E-state index contributed by atoms with van der Waals surface area (Å²) in [7, 11) is 0. The van der Waals surface area contributed by atoms with E-state index in [1.807, 2.05) is 6.20 Å². The van der Waals surface area contributed by atoms with Crippen LogP contribution < -0.4 is 0 Å². The first-order chi connectivity index (χ1) is 4.79. The standard InChI is InChI=1S/C9H13N/c1-6(2)9-8-5-7(8)3-4-10-9/h3-4,6-8H,5H2,1-2H3. The summed E-state index contributed by atoms with van der Waals surface area (Å²) in [6.07, 6.45) is 5.56. The number of hydrogen-bond donors (Lipinski definition) is 0. The normalized spacial score (nSPS) is 35.7. The third kappa shape index (κ3) is 0.808. The molecule has 2 unspecified atom stereocenters. The fourth-order valence-corrected chi connectivity index (χ4v) is 1.68. The molecule has 0 amide bonds. The van der Waals surface area contributed by atoms with Crippen LogP contribution in [0.2, 0.25) is 0 Å². The highest BCUT2D eigenvalue weighted by atomic mass is 14.8. The molecule has 1 fully saturated rings. The molecular formula is C9H13N. The van der Waals surface area contributed by atoms with Crippen LogP contribution in [0.4, 0.5) is 0 Å². The van der Waals surface area contributed by atoms with Crippen molar-refractivity contribution in [2.75, 3.05) is 0 Å². The van der Waals surface area contributed by atoms with Gasteiger partial charge in [-0.25, -0.2) is 0 Å². The summed E-state index contributed by atoms with van der Waals surface area (Å²) in [6, 6.07) is 0. The zero-order valence-corrected chi connectivity index (χ0v) is 6.54. The molecule has 0 aromatic heterocycles. The monoisotopic (exact) mass is 135 g/mol. The molecule has 10 heavy (non-hydrogen) atoms. The first-order valence-corrected chi connectivity index (χ1v) is 4.03. The lowest BCUT2D eigenvalue weighted by atomic mass is 10.0. The topological polar surface area (TPSA) is 12.4 Å². The Morgan fingerprint density at radius 3 is 3.00 bits per heavy atom. The molecule has 0 spiro atoms. The van der Waals surface area contributed by atoms with Gasteiger partial charge >= 0.3 is 0 Å². The summed E-state index contributed by atoms with van der Waals surface area (Å²) in [5, 5.41) is 0. The zero-order chi connectivity index (χ0) is 7.14. The maximum Gasteiger partial charge on any atom is 0.0241 e. The van der Waals surface area contributed by atoms with Crippen LogP contribution in [-0.2, 0) is 0 Å². The highest BCUT2D eigenvalue weighted by Crippen LogP contribution is 2.44. The Bertz CT molecular complexity index is 201. The Morgan fingerprint density at radius 2 is 2.40 bits per heavy atom. The SMILES string of the molecule is CC(C)C1=NC=CC2CC12. The molecule has 1 aliphatic heterocycles. The maximum absolute atomic E-state index is 4.39. The predicted molar refractivity (Wildman–Crippen MR) is 43.0 cm³/mol. The summed E-state index contributed by atoms with van der Waals surface area (Å²) in [6.45, 7) is 4.46. The Balaban J connectivity index is 2.20. The van der Waals surface area contributed by atoms with Crippen molar-refractivity contribution in [1.29, 1.82) is 0 Å². The van der Waals surface area contributed by atoms with E-state index in [0.717, 1.165) is 11.8 Å². The average molecular weight is 135 g/mol. The van der Waals surface area contributed by atoms with E-state index in [9.17, 15) is 0 Å². The molecule has 54 valence electrons. The molecule has 1 nitrogen and oxygen atoms in total. The lowest BCUT2D eigenvalue weighted by molar-refractivity contribution is 0.819. The number of aliphatic imine (C=N–C) groups is 1.